The molecule has 0 unspecified atom stereocenters. The van der Waals surface area contributed by atoms with Gasteiger partial charge in [-0.15, -0.1) is 4.33 Å². The second-order valence-corrected chi connectivity index (χ2v) is 3.01. The molecule has 0 heterocycles. The molecular formula is C7H9NO3S. The Bertz CT molecular complexity index is 267. The average Bonchev–Trinajstić information content (AvgIpc) is 2.07. The molecule has 0 aliphatic carbocycles. The van der Waals surface area contributed by atoms with E-state index in [1.54, 1.807) is 6.07 Å². The van der Waals surface area contributed by atoms with Gasteiger partial charge in [-0.1, -0.05) is 11.1 Å². The van der Waals surface area contributed by atoms with Crippen molar-refractivity contribution in [2.75, 3.05) is 5.73 Å². The molecule has 3 N–H and O–H groups in total. The van der Waals surface area contributed by atoms with Gasteiger partial charge in [-0.2, -0.15) is 0 Å². The zero-order valence-electron chi connectivity index (χ0n) is 6.48. The second kappa shape index (κ2) is 4.32. The number of rotatable bonds is 3. The highest BCUT2D eigenvalue weighted by atomic mass is 32.2. The highest BCUT2D eigenvalue weighted by Gasteiger charge is 2.00. The zero-order chi connectivity index (χ0) is 8.97. The largest absolute Gasteiger partial charge is 0.398 e. The molecule has 0 radical (unpaired) electrons. The van der Waals surface area contributed by atoms with Gasteiger partial charge in [0.1, 0.15) is 0 Å². The van der Waals surface area contributed by atoms with E-state index in [4.69, 9.17) is 11.0 Å². The van der Waals surface area contributed by atoms with Crippen molar-refractivity contribution in [3.05, 3.63) is 23.8 Å². The third-order valence-electron chi connectivity index (χ3n) is 1.32. The third-order valence-corrected chi connectivity index (χ3v) is 1.99. The molecule has 0 aromatic heterocycles. The van der Waals surface area contributed by atoms with Crippen LogP contribution in [0.25, 0.3) is 0 Å². The highest BCUT2D eigenvalue weighted by molar-refractivity contribution is 7.94. The van der Waals surface area contributed by atoms with Gasteiger partial charge in [-0.05, 0) is 24.6 Å². The van der Waals surface area contributed by atoms with E-state index in [2.05, 4.69) is 9.37 Å². The second-order valence-electron chi connectivity index (χ2n) is 2.27. The monoisotopic (exact) mass is 187 g/mol. The molecule has 0 amide bonds. The number of hydrogen-bond donors (Lipinski definition) is 2. The molecule has 1 aromatic rings. The van der Waals surface area contributed by atoms with Gasteiger partial charge in [-0.3, -0.25) is 0 Å². The van der Waals surface area contributed by atoms with E-state index in [0.717, 1.165) is 17.6 Å². The van der Waals surface area contributed by atoms with Crippen LogP contribution in [-0.2, 0) is 9.37 Å². The maximum Gasteiger partial charge on any atom is 0.0736 e. The fourth-order valence-electron chi connectivity index (χ4n) is 0.766. The van der Waals surface area contributed by atoms with Gasteiger partial charge in [0.25, 0.3) is 0 Å². The van der Waals surface area contributed by atoms with Gasteiger partial charge < -0.3 is 5.73 Å². The van der Waals surface area contributed by atoms with Crippen LogP contribution in [0.1, 0.15) is 5.56 Å². The molecule has 1 rings (SSSR count). The fraction of sp³-hybridized carbons (Fsp3) is 0.143. The van der Waals surface area contributed by atoms with Gasteiger partial charge in [0.2, 0.25) is 0 Å². The van der Waals surface area contributed by atoms with E-state index in [1.165, 1.54) is 0 Å². The minimum atomic E-state index is 0.586. The normalized spacial score (nSPS) is 10.2. The van der Waals surface area contributed by atoms with Gasteiger partial charge in [-0.25, -0.2) is 5.26 Å². The molecule has 1 aromatic carbocycles. The molecule has 0 aliphatic rings. The summed E-state index contributed by atoms with van der Waals surface area (Å²) < 4.78 is 4.25. The van der Waals surface area contributed by atoms with Gasteiger partial charge in [0.05, 0.1) is 16.9 Å². The molecule has 0 saturated carbocycles. The number of nitrogens with two attached hydrogens (primary N) is 1. The summed E-state index contributed by atoms with van der Waals surface area (Å²) in [6.07, 6.45) is 0. The van der Waals surface area contributed by atoms with Crippen LogP contribution < -0.4 is 5.73 Å². The first-order chi connectivity index (χ1) is 5.74. The van der Waals surface area contributed by atoms with Crippen molar-refractivity contribution < 1.29 is 14.6 Å². The van der Waals surface area contributed by atoms with Crippen LogP contribution in [0.3, 0.4) is 0 Å². The summed E-state index contributed by atoms with van der Waals surface area (Å²) >= 11 is 0.864. The summed E-state index contributed by atoms with van der Waals surface area (Å²) in [6.45, 7) is 1.93. The first kappa shape index (κ1) is 9.34. The summed E-state index contributed by atoms with van der Waals surface area (Å²) in [6, 6.07) is 5.48. The Morgan fingerprint density at radius 1 is 1.50 bits per heavy atom. The lowest BCUT2D eigenvalue weighted by Crippen LogP contribution is -1.89. The number of anilines is 1. The van der Waals surface area contributed by atoms with E-state index < -0.39 is 0 Å². The number of aryl methyl sites for hydroxylation is 1. The van der Waals surface area contributed by atoms with Gasteiger partial charge in [0.15, 0.2) is 0 Å². The first-order valence-electron chi connectivity index (χ1n) is 3.25. The molecule has 0 spiro atoms. The molecule has 66 valence electrons. The van der Waals surface area contributed by atoms with E-state index in [0.29, 0.717) is 10.6 Å². The summed E-state index contributed by atoms with van der Waals surface area (Å²) in [4.78, 5) is 0.712. The van der Waals surface area contributed by atoms with Crippen molar-refractivity contribution in [3.63, 3.8) is 0 Å². The van der Waals surface area contributed by atoms with Crippen molar-refractivity contribution in [2.24, 2.45) is 0 Å². The van der Waals surface area contributed by atoms with Crippen LogP contribution in [0.15, 0.2) is 23.1 Å². The van der Waals surface area contributed by atoms with Crippen LogP contribution in [0, 0.1) is 6.92 Å². The van der Waals surface area contributed by atoms with Crippen LogP contribution in [-0.4, -0.2) is 5.26 Å². The van der Waals surface area contributed by atoms with Crippen molar-refractivity contribution in [1.82, 2.24) is 0 Å². The predicted octanol–water partition coefficient (Wildman–Crippen LogP) is 2.01. The summed E-state index contributed by atoms with van der Waals surface area (Å²) in [5.41, 5.74) is 7.24. The number of nitrogen functional groups attached to an aromatic ring is 1. The van der Waals surface area contributed by atoms with Gasteiger partial charge in [0, 0.05) is 5.69 Å². The zero-order valence-corrected chi connectivity index (χ0v) is 7.30. The van der Waals surface area contributed by atoms with E-state index in [1.807, 2.05) is 19.1 Å². The van der Waals surface area contributed by atoms with E-state index in [9.17, 15) is 0 Å². The average molecular weight is 187 g/mol. The molecule has 0 bridgehead atoms. The number of benzene rings is 1. The van der Waals surface area contributed by atoms with Crippen LogP contribution in [0.5, 0.6) is 0 Å². The Hall–Kier alpha value is -0.750. The Morgan fingerprint density at radius 3 is 2.92 bits per heavy atom. The predicted molar refractivity (Wildman–Crippen MR) is 46.2 cm³/mol. The van der Waals surface area contributed by atoms with Crippen molar-refractivity contribution >= 4 is 17.7 Å². The summed E-state index contributed by atoms with van der Waals surface area (Å²) in [5.74, 6) is 0. The SMILES string of the molecule is Cc1ccc(N)c(SOOO)c1. The molecule has 0 saturated heterocycles. The summed E-state index contributed by atoms with van der Waals surface area (Å²) in [7, 11) is 0. The minimum Gasteiger partial charge on any atom is -0.398 e. The molecule has 5 heteroatoms. The molecule has 0 fully saturated rings. The highest BCUT2D eigenvalue weighted by Crippen LogP contribution is 2.26. The van der Waals surface area contributed by atoms with E-state index >= 15 is 0 Å². The van der Waals surface area contributed by atoms with Crippen molar-refractivity contribution in [2.45, 2.75) is 11.8 Å². The quantitative estimate of drug-likeness (QED) is 0.328. The lowest BCUT2D eigenvalue weighted by molar-refractivity contribution is -0.432. The van der Waals surface area contributed by atoms with Crippen LogP contribution in [0.4, 0.5) is 5.69 Å². The van der Waals surface area contributed by atoms with Crippen LogP contribution in [0.2, 0.25) is 0 Å². The maximum absolute atomic E-state index is 7.90. The molecule has 12 heavy (non-hydrogen) atoms. The maximum atomic E-state index is 7.90. The molecular weight excluding hydrogens is 178 g/mol. The van der Waals surface area contributed by atoms with Gasteiger partial charge >= 0.3 is 0 Å². The lowest BCUT2D eigenvalue weighted by Gasteiger charge is -2.02. The lowest BCUT2D eigenvalue weighted by atomic mass is 10.2. The Balaban J connectivity index is 2.75. The fourth-order valence-corrected chi connectivity index (χ4v) is 1.27. The third kappa shape index (κ3) is 2.38. The minimum absolute atomic E-state index is 0.586. The smallest absolute Gasteiger partial charge is 0.0736 e. The van der Waals surface area contributed by atoms with Crippen molar-refractivity contribution in [3.8, 4) is 0 Å². The molecule has 0 aliphatic heterocycles. The Kier molecular flexibility index (Phi) is 3.36. The first-order valence-corrected chi connectivity index (χ1v) is 3.99. The Morgan fingerprint density at radius 2 is 2.25 bits per heavy atom. The summed E-state index contributed by atoms with van der Waals surface area (Å²) in [5, 5.41) is 11.4. The standard InChI is InChI=1S/C7H9NO3S/c1-5-2-3-6(8)7(4-5)12-11-10-9/h2-4,9H,8H2,1H3. The molecule has 4 nitrogen and oxygen atoms in total. The Labute approximate surface area is 74.3 Å². The molecule has 0 atom stereocenters. The number of hydrogen-bond acceptors (Lipinski definition) is 5. The van der Waals surface area contributed by atoms with Crippen molar-refractivity contribution in [1.29, 1.82) is 0 Å². The topological polar surface area (TPSA) is 64.7 Å². The van der Waals surface area contributed by atoms with Crippen LogP contribution >= 0.6 is 12.0 Å². The van der Waals surface area contributed by atoms with E-state index in [-0.39, 0.29) is 0 Å².